The number of benzene rings is 2. The van der Waals surface area contributed by atoms with Crippen molar-refractivity contribution in [2.45, 2.75) is 16.7 Å². The fraction of sp³-hybridized carbons (Fsp3) is 0.316. The third-order valence-electron chi connectivity index (χ3n) is 4.60. The lowest BCUT2D eigenvalue weighted by molar-refractivity contribution is 0.354. The SMILES string of the molecule is Fc1ccc([C@@H]2CCNC[C@H]2CSc2nc3ccccc3s2)cc1. The predicted molar refractivity (Wildman–Crippen MR) is 100 cm³/mol. The number of nitrogens with zero attached hydrogens (tertiary/aromatic N) is 1. The summed E-state index contributed by atoms with van der Waals surface area (Å²) in [6.07, 6.45) is 1.11. The maximum absolute atomic E-state index is 13.2. The Labute approximate surface area is 149 Å². The Morgan fingerprint density at radius 2 is 2.00 bits per heavy atom. The van der Waals surface area contributed by atoms with E-state index in [0.717, 1.165) is 35.1 Å². The molecule has 2 aromatic carbocycles. The molecule has 1 aliphatic heterocycles. The van der Waals surface area contributed by atoms with Crippen molar-refractivity contribution >= 4 is 33.3 Å². The summed E-state index contributed by atoms with van der Waals surface area (Å²) in [6, 6.07) is 15.3. The number of halogens is 1. The maximum Gasteiger partial charge on any atom is 0.151 e. The second-order valence-electron chi connectivity index (χ2n) is 6.17. The lowest BCUT2D eigenvalue weighted by atomic mass is 9.82. The van der Waals surface area contributed by atoms with Crippen LogP contribution >= 0.6 is 23.1 Å². The monoisotopic (exact) mass is 358 g/mol. The Morgan fingerprint density at radius 1 is 1.17 bits per heavy atom. The maximum atomic E-state index is 13.2. The van der Waals surface area contributed by atoms with Gasteiger partial charge in [0, 0.05) is 5.75 Å². The van der Waals surface area contributed by atoms with Crippen molar-refractivity contribution in [3.8, 4) is 0 Å². The van der Waals surface area contributed by atoms with Gasteiger partial charge in [-0.3, -0.25) is 0 Å². The zero-order chi connectivity index (χ0) is 16.4. The standard InChI is InChI=1S/C19H19FN2S2/c20-15-7-5-13(6-8-15)16-9-10-21-11-14(16)12-23-19-22-17-3-1-2-4-18(17)24-19/h1-8,14,16,21H,9-12H2/t14-,16-/m0/s1. The fourth-order valence-corrected chi connectivity index (χ4v) is 5.61. The number of para-hydroxylation sites is 1. The van der Waals surface area contributed by atoms with E-state index in [1.807, 2.05) is 30.0 Å². The lowest BCUT2D eigenvalue weighted by Crippen LogP contribution is -2.36. The van der Waals surface area contributed by atoms with E-state index in [9.17, 15) is 4.39 Å². The Bertz CT molecular complexity index is 783. The molecule has 0 unspecified atom stereocenters. The van der Waals surface area contributed by atoms with Gasteiger partial charge in [-0.15, -0.1) is 11.3 Å². The van der Waals surface area contributed by atoms with Crippen molar-refractivity contribution in [3.05, 3.63) is 59.9 Å². The zero-order valence-corrected chi connectivity index (χ0v) is 14.9. The molecule has 0 radical (unpaired) electrons. The van der Waals surface area contributed by atoms with Crippen LogP contribution in [0.2, 0.25) is 0 Å². The first-order chi connectivity index (χ1) is 11.8. The number of thioether (sulfide) groups is 1. The summed E-state index contributed by atoms with van der Waals surface area (Å²) in [4.78, 5) is 4.72. The average Bonchev–Trinajstić information content (AvgIpc) is 3.04. The molecule has 1 aromatic heterocycles. The molecular formula is C19H19FN2S2. The van der Waals surface area contributed by atoms with Crippen molar-refractivity contribution < 1.29 is 4.39 Å². The highest BCUT2D eigenvalue weighted by Crippen LogP contribution is 2.36. The van der Waals surface area contributed by atoms with Crippen molar-refractivity contribution in [2.24, 2.45) is 5.92 Å². The molecule has 4 rings (SSSR count). The van der Waals surface area contributed by atoms with E-state index in [0.29, 0.717) is 11.8 Å². The van der Waals surface area contributed by atoms with Gasteiger partial charge in [0.15, 0.2) is 4.34 Å². The molecule has 0 saturated carbocycles. The topological polar surface area (TPSA) is 24.9 Å². The predicted octanol–water partition coefficient (Wildman–Crippen LogP) is 4.92. The van der Waals surface area contributed by atoms with Crippen LogP contribution in [0.25, 0.3) is 10.2 Å². The molecule has 24 heavy (non-hydrogen) atoms. The van der Waals surface area contributed by atoms with Crippen molar-refractivity contribution in [1.82, 2.24) is 10.3 Å². The van der Waals surface area contributed by atoms with Gasteiger partial charge >= 0.3 is 0 Å². The van der Waals surface area contributed by atoms with Crippen LogP contribution in [-0.4, -0.2) is 23.8 Å². The van der Waals surface area contributed by atoms with E-state index in [1.165, 1.54) is 10.3 Å². The van der Waals surface area contributed by atoms with Crippen molar-refractivity contribution in [2.75, 3.05) is 18.8 Å². The van der Waals surface area contributed by atoms with Crippen LogP contribution < -0.4 is 5.32 Å². The zero-order valence-electron chi connectivity index (χ0n) is 13.2. The Hall–Kier alpha value is -1.43. The number of nitrogens with one attached hydrogen (secondary N) is 1. The van der Waals surface area contributed by atoms with E-state index in [1.54, 1.807) is 23.5 Å². The molecule has 0 aliphatic carbocycles. The minimum Gasteiger partial charge on any atom is -0.316 e. The average molecular weight is 359 g/mol. The number of hydrogen-bond donors (Lipinski definition) is 1. The number of thiazole rings is 1. The van der Waals surface area contributed by atoms with Gasteiger partial charge in [-0.25, -0.2) is 9.37 Å². The molecule has 3 aromatic rings. The molecule has 1 N–H and O–H groups in total. The van der Waals surface area contributed by atoms with E-state index in [4.69, 9.17) is 4.98 Å². The molecule has 1 aliphatic rings. The largest absolute Gasteiger partial charge is 0.316 e. The summed E-state index contributed by atoms with van der Waals surface area (Å²) < 4.78 is 15.6. The molecule has 0 bridgehead atoms. The van der Waals surface area contributed by atoms with Gasteiger partial charge in [0.1, 0.15) is 5.82 Å². The molecule has 1 saturated heterocycles. The van der Waals surface area contributed by atoms with Crippen LogP contribution in [0, 0.1) is 11.7 Å². The van der Waals surface area contributed by atoms with Crippen LogP contribution in [0.15, 0.2) is 52.9 Å². The molecular weight excluding hydrogens is 339 g/mol. The van der Waals surface area contributed by atoms with Gasteiger partial charge < -0.3 is 5.32 Å². The number of piperidine rings is 1. The second kappa shape index (κ2) is 7.21. The first-order valence-corrected chi connectivity index (χ1v) is 10.0. The Morgan fingerprint density at radius 3 is 2.83 bits per heavy atom. The number of rotatable bonds is 4. The molecule has 1 fully saturated rings. The van der Waals surface area contributed by atoms with Gasteiger partial charge in [0.2, 0.25) is 0 Å². The van der Waals surface area contributed by atoms with E-state index >= 15 is 0 Å². The normalized spacial score (nSPS) is 21.2. The van der Waals surface area contributed by atoms with Gasteiger partial charge in [0.25, 0.3) is 0 Å². The van der Waals surface area contributed by atoms with Crippen LogP contribution in [0.3, 0.4) is 0 Å². The number of aromatic nitrogens is 1. The molecule has 124 valence electrons. The minimum atomic E-state index is -0.159. The Balaban J connectivity index is 1.47. The Kier molecular flexibility index (Phi) is 4.83. The van der Waals surface area contributed by atoms with Gasteiger partial charge in [-0.05, 0) is 61.2 Å². The molecule has 2 nitrogen and oxygen atoms in total. The third kappa shape index (κ3) is 3.48. The number of fused-ring (bicyclic) bond motifs is 1. The smallest absolute Gasteiger partial charge is 0.151 e. The summed E-state index contributed by atoms with van der Waals surface area (Å²) in [5, 5.41) is 3.50. The van der Waals surface area contributed by atoms with Gasteiger partial charge in [0.05, 0.1) is 10.2 Å². The van der Waals surface area contributed by atoms with Crippen molar-refractivity contribution in [1.29, 1.82) is 0 Å². The second-order valence-corrected chi connectivity index (χ2v) is 8.47. The summed E-state index contributed by atoms with van der Waals surface area (Å²) in [5.41, 5.74) is 2.34. The van der Waals surface area contributed by atoms with Crippen LogP contribution in [0.5, 0.6) is 0 Å². The van der Waals surface area contributed by atoms with Crippen molar-refractivity contribution in [3.63, 3.8) is 0 Å². The molecule has 0 spiro atoms. The summed E-state index contributed by atoms with van der Waals surface area (Å²) in [6.45, 7) is 2.05. The van der Waals surface area contributed by atoms with Crippen LogP contribution in [0.4, 0.5) is 4.39 Å². The summed E-state index contributed by atoms with van der Waals surface area (Å²) in [7, 11) is 0. The highest BCUT2D eigenvalue weighted by Gasteiger charge is 2.26. The fourth-order valence-electron chi connectivity index (χ4n) is 3.34. The summed E-state index contributed by atoms with van der Waals surface area (Å²) >= 11 is 3.61. The quantitative estimate of drug-likeness (QED) is 0.670. The van der Waals surface area contributed by atoms with E-state index < -0.39 is 0 Å². The minimum absolute atomic E-state index is 0.159. The highest BCUT2D eigenvalue weighted by atomic mass is 32.2. The molecule has 2 heterocycles. The van der Waals surface area contributed by atoms with Gasteiger partial charge in [-0.1, -0.05) is 36.0 Å². The van der Waals surface area contributed by atoms with E-state index in [-0.39, 0.29) is 5.82 Å². The molecule has 2 atom stereocenters. The van der Waals surface area contributed by atoms with Gasteiger partial charge in [-0.2, -0.15) is 0 Å². The van der Waals surface area contributed by atoms with E-state index in [2.05, 4.69) is 23.5 Å². The van der Waals surface area contributed by atoms with Crippen LogP contribution in [0.1, 0.15) is 17.9 Å². The third-order valence-corrected chi connectivity index (χ3v) is 6.97. The molecule has 0 amide bonds. The molecule has 5 heteroatoms. The highest BCUT2D eigenvalue weighted by molar-refractivity contribution is 8.01. The first kappa shape index (κ1) is 16.1. The van der Waals surface area contributed by atoms with Crippen LogP contribution in [-0.2, 0) is 0 Å². The first-order valence-electron chi connectivity index (χ1n) is 8.24. The summed E-state index contributed by atoms with van der Waals surface area (Å²) in [5.74, 6) is 1.91. The number of hydrogen-bond acceptors (Lipinski definition) is 4. The lowest BCUT2D eigenvalue weighted by Gasteiger charge is -2.32.